The maximum absolute atomic E-state index is 14.6. The van der Waals surface area contributed by atoms with E-state index in [4.69, 9.17) is 4.74 Å². The number of thiazole rings is 1. The quantitative estimate of drug-likeness (QED) is 0.429. The normalized spacial score (nSPS) is 11.6. The van der Waals surface area contributed by atoms with E-state index in [1.807, 2.05) is 13.8 Å². The van der Waals surface area contributed by atoms with Gasteiger partial charge in [0, 0.05) is 30.1 Å². The largest absolute Gasteiger partial charge is 0.489 e. The lowest BCUT2D eigenvalue weighted by molar-refractivity contribution is -0.137. The van der Waals surface area contributed by atoms with Gasteiger partial charge in [0.2, 0.25) is 0 Å². The van der Waals surface area contributed by atoms with Crippen LogP contribution in [0.3, 0.4) is 0 Å². The molecule has 0 fully saturated rings. The number of ether oxygens (including phenoxy) is 1. The summed E-state index contributed by atoms with van der Waals surface area (Å²) in [5.74, 6) is -0.683. The summed E-state index contributed by atoms with van der Waals surface area (Å²) in [5, 5.41) is 1.93. The van der Waals surface area contributed by atoms with Crippen molar-refractivity contribution in [1.29, 1.82) is 0 Å². The Kier molecular flexibility index (Phi) is 6.64. The van der Waals surface area contributed by atoms with Gasteiger partial charge in [0.25, 0.3) is 5.91 Å². The summed E-state index contributed by atoms with van der Waals surface area (Å²) in [7, 11) is 1.67. The van der Waals surface area contributed by atoms with E-state index in [9.17, 15) is 22.4 Å². The Balaban J connectivity index is 1.72. The predicted octanol–water partition coefficient (Wildman–Crippen LogP) is 6.03. The van der Waals surface area contributed by atoms with Crippen molar-refractivity contribution in [2.75, 3.05) is 7.05 Å². The van der Waals surface area contributed by atoms with Gasteiger partial charge in [0.1, 0.15) is 28.9 Å². The summed E-state index contributed by atoms with van der Waals surface area (Å²) in [6, 6.07) is 8.89. The Morgan fingerprint density at radius 2 is 1.94 bits per heavy atom. The minimum atomic E-state index is -4.44. The highest BCUT2D eigenvalue weighted by Gasteiger charge is 2.30. The van der Waals surface area contributed by atoms with Gasteiger partial charge < -0.3 is 9.64 Å². The molecule has 9 heteroatoms. The van der Waals surface area contributed by atoms with Crippen molar-refractivity contribution in [3.8, 4) is 16.3 Å². The third-order valence-electron chi connectivity index (χ3n) is 4.65. The van der Waals surface area contributed by atoms with Crippen molar-refractivity contribution >= 4 is 17.2 Å². The van der Waals surface area contributed by atoms with Gasteiger partial charge in [-0.2, -0.15) is 13.2 Å². The number of alkyl halides is 3. The molecule has 0 saturated heterocycles. The fourth-order valence-electron chi connectivity index (χ4n) is 2.67. The van der Waals surface area contributed by atoms with E-state index >= 15 is 0 Å². The zero-order chi connectivity index (χ0) is 22.8. The first kappa shape index (κ1) is 22.7. The lowest BCUT2D eigenvalue weighted by Crippen LogP contribution is -2.33. The van der Waals surface area contributed by atoms with E-state index < -0.39 is 17.6 Å². The molecule has 0 spiro atoms. The smallest absolute Gasteiger partial charge is 0.416 e. The summed E-state index contributed by atoms with van der Waals surface area (Å²) in [6.45, 7) is 3.62. The van der Waals surface area contributed by atoms with Gasteiger partial charge in [0.05, 0.1) is 5.56 Å². The molecule has 31 heavy (non-hydrogen) atoms. The third-order valence-corrected chi connectivity index (χ3v) is 5.52. The molecule has 0 aliphatic carbocycles. The highest BCUT2D eigenvalue weighted by atomic mass is 32.1. The number of rotatable bonds is 6. The molecule has 4 nitrogen and oxygen atoms in total. The second-order valence-electron chi connectivity index (χ2n) is 7.18. The van der Waals surface area contributed by atoms with Gasteiger partial charge in [-0.05, 0) is 43.7 Å². The van der Waals surface area contributed by atoms with Crippen molar-refractivity contribution in [1.82, 2.24) is 9.88 Å². The van der Waals surface area contributed by atoms with Crippen LogP contribution in [0.4, 0.5) is 17.6 Å². The van der Waals surface area contributed by atoms with Gasteiger partial charge in [-0.25, -0.2) is 9.37 Å². The first-order valence-electron chi connectivity index (χ1n) is 9.38. The van der Waals surface area contributed by atoms with Crippen molar-refractivity contribution in [3.63, 3.8) is 0 Å². The van der Waals surface area contributed by atoms with E-state index in [1.54, 1.807) is 17.3 Å². The van der Waals surface area contributed by atoms with E-state index in [0.717, 1.165) is 29.5 Å². The summed E-state index contributed by atoms with van der Waals surface area (Å²) in [6.07, 6.45) is -4.44. The van der Waals surface area contributed by atoms with Crippen LogP contribution in [0, 0.1) is 5.82 Å². The standard InChI is InChI=1S/C22H20F4N2O2S/c1-13(2)28(3)21(29)19-12-31-20(27-19)17-8-7-16(10-18(17)23)30-11-14-5-4-6-15(9-14)22(24,25)26/h4-10,12-13H,11H2,1-3H3. The molecular weight excluding hydrogens is 432 g/mol. The number of amides is 1. The van der Waals surface area contributed by atoms with Crippen LogP contribution in [0.1, 0.15) is 35.5 Å². The number of carbonyl (C=O) groups excluding carboxylic acids is 1. The first-order valence-corrected chi connectivity index (χ1v) is 10.3. The maximum atomic E-state index is 14.6. The minimum Gasteiger partial charge on any atom is -0.489 e. The highest BCUT2D eigenvalue weighted by molar-refractivity contribution is 7.13. The van der Waals surface area contributed by atoms with Crippen LogP contribution in [-0.4, -0.2) is 28.9 Å². The molecule has 2 aromatic carbocycles. The van der Waals surface area contributed by atoms with Crippen molar-refractivity contribution in [2.24, 2.45) is 0 Å². The lowest BCUT2D eigenvalue weighted by atomic mass is 10.1. The number of aromatic nitrogens is 1. The molecule has 1 amide bonds. The van der Waals surface area contributed by atoms with Crippen LogP contribution in [0.2, 0.25) is 0 Å². The molecule has 0 saturated carbocycles. The molecule has 0 unspecified atom stereocenters. The van der Waals surface area contributed by atoms with Crippen molar-refractivity contribution < 1.29 is 27.1 Å². The predicted molar refractivity (Wildman–Crippen MR) is 111 cm³/mol. The maximum Gasteiger partial charge on any atom is 0.416 e. The Hall–Kier alpha value is -2.94. The van der Waals surface area contributed by atoms with E-state index in [1.165, 1.54) is 24.3 Å². The Morgan fingerprint density at radius 1 is 1.19 bits per heavy atom. The van der Waals surface area contributed by atoms with Gasteiger partial charge in [0.15, 0.2) is 0 Å². The minimum absolute atomic E-state index is 0.00245. The Morgan fingerprint density at radius 3 is 2.58 bits per heavy atom. The van der Waals surface area contributed by atoms with E-state index in [-0.39, 0.29) is 35.6 Å². The summed E-state index contributed by atoms with van der Waals surface area (Å²) in [4.78, 5) is 18.1. The SMILES string of the molecule is CC(C)N(C)C(=O)c1csc(-c2ccc(OCc3cccc(C(F)(F)F)c3)cc2F)n1. The number of halogens is 4. The number of hydrogen-bond acceptors (Lipinski definition) is 4. The second-order valence-corrected chi connectivity index (χ2v) is 8.03. The van der Waals surface area contributed by atoms with Crippen LogP contribution in [0.15, 0.2) is 47.8 Å². The van der Waals surface area contributed by atoms with Crippen molar-refractivity contribution in [3.05, 3.63) is 70.5 Å². The number of hydrogen-bond donors (Lipinski definition) is 0. The molecule has 0 aliphatic heterocycles. The highest BCUT2D eigenvalue weighted by Crippen LogP contribution is 2.31. The van der Waals surface area contributed by atoms with E-state index in [2.05, 4.69) is 4.98 Å². The molecular formula is C22H20F4N2O2S. The molecule has 0 N–H and O–H groups in total. The van der Waals surface area contributed by atoms with Crippen LogP contribution in [-0.2, 0) is 12.8 Å². The average molecular weight is 452 g/mol. The molecule has 1 aromatic heterocycles. The zero-order valence-corrected chi connectivity index (χ0v) is 17.9. The van der Waals surface area contributed by atoms with Crippen LogP contribution >= 0.6 is 11.3 Å². The zero-order valence-electron chi connectivity index (χ0n) is 17.0. The fourth-order valence-corrected chi connectivity index (χ4v) is 3.49. The average Bonchev–Trinajstić information content (AvgIpc) is 3.20. The second kappa shape index (κ2) is 9.05. The third kappa shape index (κ3) is 5.41. The molecule has 3 aromatic rings. The number of carbonyl (C=O) groups is 1. The van der Waals surface area contributed by atoms with Crippen LogP contribution < -0.4 is 4.74 Å². The topological polar surface area (TPSA) is 42.4 Å². The van der Waals surface area contributed by atoms with Gasteiger partial charge in [-0.15, -0.1) is 11.3 Å². The molecule has 0 radical (unpaired) electrons. The number of nitrogens with zero attached hydrogens (tertiary/aromatic N) is 2. The summed E-state index contributed by atoms with van der Waals surface area (Å²) >= 11 is 1.15. The molecule has 164 valence electrons. The van der Waals surface area contributed by atoms with Gasteiger partial charge >= 0.3 is 6.18 Å². The van der Waals surface area contributed by atoms with Gasteiger partial charge in [-0.3, -0.25) is 4.79 Å². The van der Waals surface area contributed by atoms with Crippen molar-refractivity contribution in [2.45, 2.75) is 32.7 Å². The van der Waals surface area contributed by atoms with Crippen LogP contribution in [0.25, 0.3) is 10.6 Å². The summed E-state index contributed by atoms with van der Waals surface area (Å²) in [5.41, 5.74) is -0.00726. The number of benzene rings is 2. The Bertz CT molecular complexity index is 1080. The van der Waals surface area contributed by atoms with Gasteiger partial charge in [-0.1, -0.05) is 12.1 Å². The molecule has 1 heterocycles. The molecule has 0 aliphatic rings. The molecule has 0 atom stereocenters. The molecule has 0 bridgehead atoms. The fraction of sp³-hybridized carbons (Fsp3) is 0.273. The monoisotopic (exact) mass is 452 g/mol. The first-order chi connectivity index (χ1) is 14.6. The summed E-state index contributed by atoms with van der Waals surface area (Å²) < 4.78 is 58.5. The van der Waals surface area contributed by atoms with E-state index in [0.29, 0.717) is 10.6 Å². The molecule has 3 rings (SSSR count). The van der Waals surface area contributed by atoms with Crippen LogP contribution in [0.5, 0.6) is 5.75 Å². The Labute approximate surface area is 181 Å². The lowest BCUT2D eigenvalue weighted by Gasteiger charge is -2.20.